The largest absolute Gasteiger partial charge is 0.398 e. The Balaban J connectivity index is 2.06. The number of nitrogen functional groups attached to an aromatic ring is 1. The van der Waals surface area contributed by atoms with Gasteiger partial charge in [0.05, 0.1) is 5.56 Å². The summed E-state index contributed by atoms with van der Waals surface area (Å²) in [5, 5.41) is 2.87. The molecule has 1 aromatic carbocycles. The maximum Gasteiger partial charge on any atom is 0.253 e. The monoisotopic (exact) mass is 237 g/mol. The molecule has 3 N–H and O–H groups in total. The Hall–Kier alpha value is -1.62. The number of benzene rings is 1. The zero-order valence-electron chi connectivity index (χ0n) is 9.74. The molecule has 5 heteroatoms. The highest BCUT2D eigenvalue weighted by Crippen LogP contribution is 2.14. The Morgan fingerprint density at radius 2 is 2.35 bits per heavy atom. The highest BCUT2D eigenvalue weighted by atomic mass is 19.1. The van der Waals surface area contributed by atoms with Gasteiger partial charge >= 0.3 is 0 Å². The van der Waals surface area contributed by atoms with Crippen LogP contribution in [0.25, 0.3) is 0 Å². The third kappa shape index (κ3) is 2.74. The predicted molar refractivity (Wildman–Crippen MR) is 64.2 cm³/mol. The summed E-state index contributed by atoms with van der Waals surface area (Å²) >= 11 is 0. The number of hydrogen-bond donors (Lipinski definition) is 2. The summed E-state index contributed by atoms with van der Waals surface area (Å²) in [7, 11) is 2.00. The summed E-state index contributed by atoms with van der Waals surface area (Å²) in [6.07, 6.45) is 0.914. The number of likely N-dealkylation sites (N-methyl/N-ethyl adjacent to an activating group) is 1. The topological polar surface area (TPSA) is 58.4 Å². The summed E-state index contributed by atoms with van der Waals surface area (Å²) in [5.74, 6) is -0.754. The Bertz CT molecular complexity index is 436. The van der Waals surface area contributed by atoms with Crippen molar-refractivity contribution in [1.82, 2.24) is 10.2 Å². The van der Waals surface area contributed by atoms with Crippen LogP contribution >= 0.6 is 0 Å². The summed E-state index contributed by atoms with van der Waals surface area (Å²) < 4.78 is 13.0. The lowest BCUT2D eigenvalue weighted by Gasteiger charge is -2.13. The van der Waals surface area contributed by atoms with Crippen molar-refractivity contribution in [1.29, 1.82) is 0 Å². The summed E-state index contributed by atoms with van der Waals surface area (Å²) in [5.41, 5.74) is 6.16. The van der Waals surface area contributed by atoms with Crippen molar-refractivity contribution in [2.24, 2.45) is 0 Å². The van der Waals surface area contributed by atoms with Crippen LogP contribution in [0.4, 0.5) is 10.1 Å². The Morgan fingerprint density at radius 1 is 1.59 bits per heavy atom. The number of hydrogen-bond acceptors (Lipinski definition) is 3. The fraction of sp³-hybridized carbons (Fsp3) is 0.417. The highest BCUT2D eigenvalue weighted by Gasteiger charge is 2.22. The van der Waals surface area contributed by atoms with Gasteiger partial charge in [-0.2, -0.15) is 0 Å². The van der Waals surface area contributed by atoms with Crippen LogP contribution < -0.4 is 11.1 Å². The number of rotatable bonds is 2. The molecule has 1 unspecified atom stereocenters. The lowest BCUT2D eigenvalue weighted by molar-refractivity contribution is 0.0939. The predicted octanol–water partition coefficient (Wildman–Crippen LogP) is 0.842. The fourth-order valence-corrected chi connectivity index (χ4v) is 2.04. The fourth-order valence-electron chi connectivity index (χ4n) is 2.04. The minimum atomic E-state index is -0.451. The van der Waals surface area contributed by atoms with E-state index in [1.165, 1.54) is 18.2 Å². The van der Waals surface area contributed by atoms with Crippen LogP contribution in [0.5, 0.6) is 0 Å². The van der Waals surface area contributed by atoms with Crippen molar-refractivity contribution in [3.8, 4) is 0 Å². The van der Waals surface area contributed by atoms with E-state index in [0.717, 1.165) is 19.5 Å². The van der Waals surface area contributed by atoms with Crippen molar-refractivity contribution in [2.75, 3.05) is 25.9 Å². The summed E-state index contributed by atoms with van der Waals surface area (Å²) in [4.78, 5) is 14.0. The normalized spacial score (nSPS) is 20.5. The number of nitrogens with zero attached hydrogens (tertiary/aromatic N) is 1. The van der Waals surface area contributed by atoms with E-state index in [-0.39, 0.29) is 17.5 Å². The number of nitrogens with one attached hydrogen (secondary N) is 1. The van der Waals surface area contributed by atoms with Crippen LogP contribution in [0.1, 0.15) is 16.8 Å². The van der Waals surface area contributed by atoms with Gasteiger partial charge in [-0.1, -0.05) is 0 Å². The molecule has 0 aromatic heterocycles. The molecule has 2 rings (SSSR count). The maximum atomic E-state index is 13.0. The van der Waals surface area contributed by atoms with Gasteiger partial charge in [-0.15, -0.1) is 0 Å². The third-order valence-corrected chi connectivity index (χ3v) is 2.99. The Kier molecular flexibility index (Phi) is 3.28. The highest BCUT2D eigenvalue weighted by molar-refractivity contribution is 5.99. The number of carbonyl (C=O) groups is 1. The van der Waals surface area contributed by atoms with E-state index in [1.54, 1.807) is 0 Å². The molecule has 0 spiro atoms. The molecule has 1 aromatic rings. The Morgan fingerprint density at radius 3 is 3.00 bits per heavy atom. The maximum absolute atomic E-state index is 13.0. The van der Waals surface area contributed by atoms with E-state index >= 15 is 0 Å². The van der Waals surface area contributed by atoms with Gasteiger partial charge in [0.2, 0.25) is 0 Å². The molecule has 17 heavy (non-hydrogen) atoms. The van der Waals surface area contributed by atoms with Crippen molar-refractivity contribution in [2.45, 2.75) is 12.5 Å². The molecule has 0 saturated carbocycles. The lowest BCUT2D eigenvalue weighted by atomic mass is 10.1. The van der Waals surface area contributed by atoms with Crippen LogP contribution in [0.3, 0.4) is 0 Å². The molecule has 4 nitrogen and oxygen atoms in total. The van der Waals surface area contributed by atoms with Crippen LogP contribution in [-0.4, -0.2) is 37.0 Å². The molecule has 0 bridgehead atoms. The van der Waals surface area contributed by atoms with Gasteiger partial charge in [0.15, 0.2) is 0 Å². The number of amides is 1. The van der Waals surface area contributed by atoms with E-state index in [4.69, 9.17) is 5.73 Å². The van der Waals surface area contributed by atoms with Crippen molar-refractivity contribution >= 4 is 11.6 Å². The van der Waals surface area contributed by atoms with Gasteiger partial charge in [-0.3, -0.25) is 4.79 Å². The van der Waals surface area contributed by atoms with E-state index in [2.05, 4.69) is 10.2 Å². The number of halogens is 1. The second-order valence-electron chi connectivity index (χ2n) is 4.45. The lowest BCUT2D eigenvalue weighted by Crippen LogP contribution is -2.36. The third-order valence-electron chi connectivity index (χ3n) is 2.99. The van der Waals surface area contributed by atoms with E-state index in [1.807, 2.05) is 7.05 Å². The number of carbonyl (C=O) groups excluding carboxylic acids is 1. The van der Waals surface area contributed by atoms with Crippen LogP contribution in [-0.2, 0) is 0 Å². The van der Waals surface area contributed by atoms with Gasteiger partial charge in [0.1, 0.15) is 5.82 Å². The first-order valence-corrected chi connectivity index (χ1v) is 5.60. The first-order valence-electron chi connectivity index (χ1n) is 5.60. The zero-order chi connectivity index (χ0) is 12.4. The molecule has 1 fully saturated rings. The quantitative estimate of drug-likeness (QED) is 0.749. The van der Waals surface area contributed by atoms with Gasteiger partial charge < -0.3 is 16.0 Å². The minimum Gasteiger partial charge on any atom is -0.398 e. The van der Waals surface area contributed by atoms with Crippen LogP contribution in [0, 0.1) is 5.82 Å². The molecule has 1 heterocycles. The molecule has 1 atom stereocenters. The SMILES string of the molecule is CN1CCC(NC(=O)c2cc(F)ccc2N)C1. The molecular weight excluding hydrogens is 221 g/mol. The van der Waals surface area contributed by atoms with Crippen molar-refractivity contribution in [3.63, 3.8) is 0 Å². The zero-order valence-corrected chi connectivity index (χ0v) is 9.74. The van der Waals surface area contributed by atoms with E-state index < -0.39 is 5.82 Å². The average Bonchev–Trinajstić information content (AvgIpc) is 2.67. The first kappa shape index (κ1) is 11.9. The van der Waals surface area contributed by atoms with Crippen LogP contribution in [0.15, 0.2) is 18.2 Å². The minimum absolute atomic E-state index is 0.121. The van der Waals surface area contributed by atoms with E-state index in [9.17, 15) is 9.18 Å². The average molecular weight is 237 g/mol. The molecule has 1 amide bonds. The molecule has 1 saturated heterocycles. The Labute approximate surface area is 99.6 Å². The molecule has 1 aliphatic rings. The first-order chi connectivity index (χ1) is 8.06. The number of anilines is 1. The number of nitrogens with two attached hydrogens (primary N) is 1. The standard InChI is InChI=1S/C12H16FN3O/c1-16-5-4-9(7-16)15-12(17)10-6-8(13)2-3-11(10)14/h2-3,6,9H,4-5,7,14H2,1H3,(H,15,17). The van der Waals surface area contributed by atoms with Crippen molar-refractivity contribution in [3.05, 3.63) is 29.6 Å². The van der Waals surface area contributed by atoms with Gasteiger partial charge in [-0.05, 0) is 38.2 Å². The second kappa shape index (κ2) is 4.71. The number of likely N-dealkylation sites (tertiary alicyclic amines) is 1. The summed E-state index contributed by atoms with van der Waals surface area (Å²) in [6, 6.07) is 3.94. The van der Waals surface area contributed by atoms with Crippen molar-refractivity contribution < 1.29 is 9.18 Å². The smallest absolute Gasteiger partial charge is 0.253 e. The van der Waals surface area contributed by atoms with Gasteiger partial charge in [0.25, 0.3) is 5.91 Å². The van der Waals surface area contributed by atoms with Crippen LogP contribution in [0.2, 0.25) is 0 Å². The molecule has 0 radical (unpaired) electrons. The molecule has 92 valence electrons. The van der Waals surface area contributed by atoms with E-state index in [0.29, 0.717) is 5.69 Å². The molecule has 0 aliphatic carbocycles. The molecule has 1 aliphatic heterocycles. The van der Waals surface area contributed by atoms with Gasteiger partial charge in [-0.25, -0.2) is 4.39 Å². The van der Waals surface area contributed by atoms with Gasteiger partial charge in [0, 0.05) is 18.3 Å². The molecular formula is C12H16FN3O. The summed E-state index contributed by atoms with van der Waals surface area (Å²) in [6.45, 7) is 1.78. The second-order valence-corrected chi connectivity index (χ2v) is 4.45.